The van der Waals surface area contributed by atoms with E-state index in [1.807, 2.05) is 13.1 Å². The van der Waals surface area contributed by atoms with Gasteiger partial charge in [-0.3, -0.25) is 0 Å². The topological polar surface area (TPSA) is 33.3 Å². The largest absolute Gasteiger partial charge is 0.496 e. The van der Waals surface area contributed by atoms with Crippen molar-refractivity contribution < 1.29 is 4.74 Å². The summed E-state index contributed by atoms with van der Waals surface area (Å²) in [6.45, 7) is 1.97. The van der Waals surface area contributed by atoms with Crippen molar-refractivity contribution in [2.24, 2.45) is 0 Å². The summed E-state index contributed by atoms with van der Waals surface area (Å²) < 4.78 is 5.36. The third-order valence-electron chi connectivity index (χ3n) is 2.73. The summed E-state index contributed by atoms with van der Waals surface area (Å²) in [6.07, 6.45) is 1.05. The summed E-state index contributed by atoms with van der Waals surface area (Å²) in [5.74, 6) is 1.01. The molecule has 0 radical (unpaired) electrons. The van der Waals surface area contributed by atoms with Crippen LogP contribution in [0.25, 0.3) is 0 Å². The highest BCUT2D eigenvalue weighted by Gasteiger charge is 2.16. The zero-order chi connectivity index (χ0) is 9.97. The molecule has 1 aliphatic heterocycles. The molecule has 76 valence electrons. The summed E-state index contributed by atoms with van der Waals surface area (Å²) >= 11 is 0. The maximum atomic E-state index is 5.36. The van der Waals surface area contributed by atoms with E-state index < -0.39 is 0 Å². The van der Waals surface area contributed by atoms with E-state index in [1.54, 1.807) is 7.11 Å². The average Bonchev–Trinajstić information content (AvgIpc) is 2.27. The minimum atomic E-state index is 0.933. The standard InChI is InChI=1S/C11H16N2O/c1-12-10-3-4-11(14-2)8-5-6-13-7-9(8)10/h3-4,12-13H,5-7H2,1-2H3. The number of rotatable bonds is 2. The van der Waals surface area contributed by atoms with Gasteiger partial charge in [0, 0.05) is 24.8 Å². The van der Waals surface area contributed by atoms with Crippen molar-refractivity contribution in [3.63, 3.8) is 0 Å². The van der Waals surface area contributed by atoms with Crippen LogP contribution in [-0.4, -0.2) is 20.7 Å². The molecule has 0 aliphatic carbocycles. The van der Waals surface area contributed by atoms with Gasteiger partial charge in [-0.2, -0.15) is 0 Å². The number of fused-ring (bicyclic) bond motifs is 1. The molecule has 0 saturated heterocycles. The molecule has 0 saturated carbocycles. The van der Waals surface area contributed by atoms with Gasteiger partial charge >= 0.3 is 0 Å². The molecule has 1 heterocycles. The third kappa shape index (κ3) is 1.44. The Kier molecular flexibility index (Phi) is 2.59. The minimum absolute atomic E-state index is 0.933. The number of benzene rings is 1. The lowest BCUT2D eigenvalue weighted by atomic mass is 9.98. The van der Waals surface area contributed by atoms with E-state index in [1.165, 1.54) is 16.8 Å². The summed E-state index contributed by atoms with van der Waals surface area (Å²) in [6, 6.07) is 4.11. The predicted octanol–water partition coefficient (Wildman–Crippen LogP) is 1.38. The molecule has 2 N–H and O–H groups in total. The van der Waals surface area contributed by atoms with Crippen molar-refractivity contribution in [1.29, 1.82) is 0 Å². The fourth-order valence-corrected chi connectivity index (χ4v) is 2.00. The van der Waals surface area contributed by atoms with Crippen molar-refractivity contribution in [1.82, 2.24) is 5.32 Å². The number of methoxy groups -OCH3 is 1. The number of hydrogen-bond donors (Lipinski definition) is 2. The van der Waals surface area contributed by atoms with Crippen molar-refractivity contribution >= 4 is 5.69 Å². The SMILES string of the molecule is CNc1ccc(OC)c2c1CNCC2. The lowest BCUT2D eigenvalue weighted by Crippen LogP contribution is -2.25. The van der Waals surface area contributed by atoms with Crippen molar-refractivity contribution in [2.75, 3.05) is 26.0 Å². The van der Waals surface area contributed by atoms with E-state index >= 15 is 0 Å². The molecule has 2 rings (SSSR count). The van der Waals surface area contributed by atoms with Gasteiger partial charge in [-0.15, -0.1) is 0 Å². The number of hydrogen-bond acceptors (Lipinski definition) is 3. The van der Waals surface area contributed by atoms with Crippen LogP contribution in [0.15, 0.2) is 12.1 Å². The molecule has 1 aromatic rings. The molecule has 0 bridgehead atoms. The van der Waals surface area contributed by atoms with Gasteiger partial charge in [-0.25, -0.2) is 0 Å². The normalized spacial score (nSPS) is 14.7. The first-order valence-electron chi connectivity index (χ1n) is 4.94. The summed E-state index contributed by atoms with van der Waals surface area (Å²) in [5.41, 5.74) is 3.89. The molecule has 0 spiro atoms. The second-order valence-corrected chi connectivity index (χ2v) is 3.45. The van der Waals surface area contributed by atoms with Crippen LogP contribution in [0.2, 0.25) is 0 Å². The summed E-state index contributed by atoms with van der Waals surface area (Å²) in [4.78, 5) is 0. The Labute approximate surface area is 84.5 Å². The van der Waals surface area contributed by atoms with Gasteiger partial charge in [0.25, 0.3) is 0 Å². The van der Waals surface area contributed by atoms with Crippen LogP contribution < -0.4 is 15.4 Å². The van der Waals surface area contributed by atoms with Crippen LogP contribution in [0, 0.1) is 0 Å². The molecule has 1 aliphatic rings. The molecule has 0 fully saturated rings. The van der Waals surface area contributed by atoms with Crippen LogP contribution >= 0.6 is 0 Å². The Hall–Kier alpha value is -1.22. The molecule has 14 heavy (non-hydrogen) atoms. The molecule has 0 atom stereocenters. The van der Waals surface area contributed by atoms with Crippen LogP contribution in [0.3, 0.4) is 0 Å². The van der Waals surface area contributed by atoms with Gasteiger partial charge in [0.15, 0.2) is 0 Å². The minimum Gasteiger partial charge on any atom is -0.496 e. The molecule has 3 heteroatoms. The van der Waals surface area contributed by atoms with E-state index in [9.17, 15) is 0 Å². The molecular formula is C11H16N2O. The summed E-state index contributed by atoms with van der Waals surface area (Å²) in [7, 11) is 3.69. The molecular weight excluding hydrogens is 176 g/mol. The van der Waals surface area contributed by atoms with Gasteiger partial charge < -0.3 is 15.4 Å². The van der Waals surface area contributed by atoms with Gasteiger partial charge in [0.05, 0.1) is 7.11 Å². The van der Waals surface area contributed by atoms with E-state index in [0.29, 0.717) is 0 Å². The van der Waals surface area contributed by atoms with Gasteiger partial charge in [0.2, 0.25) is 0 Å². The third-order valence-corrected chi connectivity index (χ3v) is 2.73. The average molecular weight is 192 g/mol. The Morgan fingerprint density at radius 1 is 1.36 bits per heavy atom. The molecule has 0 unspecified atom stereocenters. The maximum Gasteiger partial charge on any atom is 0.122 e. The quantitative estimate of drug-likeness (QED) is 0.742. The first-order valence-corrected chi connectivity index (χ1v) is 4.94. The lowest BCUT2D eigenvalue weighted by Gasteiger charge is -2.22. The Morgan fingerprint density at radius 2 is 2.21 bits per heavy atom. The summed E-state index contributed by atoms with van der Waals surface area (Å²) in [5, 5.41) is 6.58. The highest BCUT2D eigenvalue weighted by molar-refractivity contribution is 5.59. The lowest BCUT2D eigenvalue weighted by molar-refractivity contribution is 0.406. The smallest absolute Gasteiger partial charge is 0.122 e. The fourth-order valence-electron chi connectivity index (χ4n) is 2.00. The fraction of sp³-hybridized carbons (Fsp3) is 0.455. The van der Waals surface area contributed by atoms with Crippen LogP contribution in [-0.2, 0) is 13.0 Å². The zero-order valence-electron chi connectivity index (χ0n) is 8.68. The zero-order valence-corrected chi connectivity index (χ0v) is 8.68. The van der Waals surface area contributed by atoms with Crippen molar-refractivity contribution in [3.05, 3.63) is 23.3 Å². The van der Waals surface area contributed by atoms with Crippen LogP contribution in [0.1, 0.15) is 11.1 Å². The maximum absolute atomic E-state index is 5.36. The Balaban J connectivity index is 2.50. The molecule has 3 nitrogen and oxygen atoms in total. The van der Waals surface area contributed by atoms with E-state index in [0.717, 1.165) is 25.3 Å². The first-order chi connectivity index (χ1) is 6.86. The van der Waals surface area contributed by atoms with Crippen LogP contribution in [0.4, 0.5) is 5.69 Å². The van der Waals surface area contributed by atoms with Gasteiger partial charge in [-0.05, 0) is 30.7 Å². The Morgan fingerprint density at radius 3 is 2.93 bits per heavy atom. The number of ether oxygens (including phenoxy) is 1. The van der Waals surface area contributed by atoms with E-state index in [2.05, 4.69) is 16.7 Å². The Bertz CT molecular complexity index is 303. The second-order valence-electron chi connectivity index (χ2n) is 3.45. The van der Waals surface area contributed by atoms with Crippen LogP contribution in [0.5, 0.6) is 5.75 Å². The number of anilines is 1. The van der Waals surface area contributed by atoms with Gasteiger partial charge in [0.1, 0.15) is 5.75 Å². The van der Waals surface area contributed by atoms with Crippen molar-refractivity contribution in [2.45, 2.75) is 13.0 Å². The monoisotopic (exact) mass is 192 g/mol. The second kappa shape index (κ2) is 3.88. The van der Waals surface area contributed by atoms with Gasteiger partial charge in [-0.1, -0.05) is 0 Å². The van der Waals surface area contributed by atoms with E-state index in [4.69, 9.17) is 4.74 Å². The molecule has 0 amide bonds. The van der Waals surface area contributed by atoms with Crippen molar-refractivity contribution in [3.8, 4) is 5.75 Å². The molecule has 0 aromatic heterocycles. The number of nitrogens with one attached hydrogen (secondary N) is 2. The van der Waals surface area contributed by atoms with E-state index in [-0.39, 0.29) is 0 Å². The highest BCUT2D eigenvalue weighted by atomic mass is 16.5. The predicted molar refractivity (Wildman–Crippen MR) is 58.0 cm³/mol. The first kappa shape index (κ1) is 9.34. The molecule has 1 aromatic carbocycles. The highest BCUT2D eigenvalue weighted by Crippen LogP contribution is 2.30.